The maximum absolute atomic E-state index is 12.9. The molecule has 444 valence electrons. The lowest BCUT2D eigenvalue weighted by atomic mass is 10.0. The van der Waals surface area contributed by atoms with Gasteiger partial charge in [0.25, 0.3) is 0 Å². The fourth-order valence-electron chi connectivity index (χ4n) is 10.1. The lowest BCUT2D eigenvalue weighted by Crippen LogP contribution is -2.30. The minimum atomic E-state index is -0.774. The molecule has 0 N–H and O–H groups in total. The largest absolute Gasteiger partial charge is 0.462 e. The third kappa shape index (κ3) is 62.2. The second-order valence-electron chi connectivity index (χ2n) is 22.7. The maximum Gasteiger partial charge on any atom is 0.306 e. The smallest absolute Gasteiger partial charge is 0.306 e. The van der Waals surface area contributed by atoms with Crippen molar-refractivity contribution in [3.05, 3.63) is 48.6 Å². The molecule has 0 rings (SSSR count). The summed E-state index contributed by atoms with van der Waals surface area (Å²) < 4.78 is 16.9. The van der Waals surface area contributed by atoms with Gasteiger partial charge in [0, 0.05) is 19.3 Å². The fraction of sp³-hybridized carbons (Fsp3) is 0.843. The van der Waals surface area contributed by atoms with Crippen molar-refractivity contribution in [1.82, 2.24) is 0 Å². The molecule has 1 atom stereocenters. The Labute approximate surface area is 473 Å². The van der Waals surface area contributed by atoms with Crippen molar-refractivity contribution >= 4 is 17.9 Å². The van der Waals surface area contributed by atoms with Crippen molar-refractivity contribution < 1.29 is 28.6 Å². The van der Waals surface area contributed by atoms with Crippen LogP contribution in [0, 0.1) is 0 Å². The zero-order valence-corrected chi connectivity index (χ0v) is 51.0. The molecule has 6 heteroatoms. The molecular formula is C70H128O6. The van der Waals surface area contributed by atoms with Crippen LogP contribution in [-0.2, 0) is 28.6 Å². The molecule has 0 aromatic heterocycles. The molecule has 1 unspecified atom stereocenters. The van der Waals surface area contributed by atoms with Crippen LogP contribution in [0.3, 0.4) is 0 Å². The summed E-state index contributed by atoms with van der Waals surface area (Å²) in [5.74, 6) is -0.861. The van der Waals surface area contributed by atoms with E-state index in [2.05, 4.69) is 69.4 Å². The molecule has 0 fully saturated rings. The summed E-state index contributed by atoms with van der Waals surface area (Å²) in [4.78, 5) is 38.2. The minimum absolute atomic E-state index is 0.0717. The molecule has 76 heavy (non-hydrogen) atoms. The van der Waals surface area contributed by atoms with Gasteiger partial charge in [-0.1, -0.05) is 333 Å². The summed E-state index contributed by atoms with van der Waals surface area (Å²) in [7, 11) is 0. The Balaban J connectivity index is 4.12. The lowest BCUT2D eigenvalue weighted by Gasteiger charge is -2.18. The Hall–Kier alpha value is -2.63. The summed E-state index contributed by atoms with van der Waals surface area (Å²) >= 11 is 0. The van der Waals surface area contributed by atoms with Gasteiger partial charge in [0.05, 0.1) is 0 Å². The van der Waals surface area contributed by atoms with Crippen LogP contribution in [-0.4, -0.2) is 37.2 Å². The Bertz CT molecular complexity index is 1310. The molecule has 0 aliphatic carbocycles. The summed E-state index contributed by atoms with van der Waals surface area (Å²) in [5, 5.41) is 0. The second kappa shape index (κ2) is 64.9. The molecule has 0 spiro atoms. The third-order valence-corrected chi connectivity index (χ3v) is 15.1. The third-order valence-electron chi connectivity index (χ3n) is 15.1. The number of ether oxygens (including phenoxy) is 3. The van der Waals surface area contributed by atoms with E-state index in [1.807, 2.05) is 0 Å². The topological polar surface area (TPSA) is 78.9 Å². The van der Waals surface area contributed by atoms with Crippen molar-refractivity contribution in [2.75, 3.05) is 13.2 Å². The molecular weight excluding hydrogens is 937 g/mol. The molecule has 6 nitrogen and oxygen atoms in total. The molecule has 0 amide bonds. The molecule has 0 saturated heterocycles. The first-order valence-electron chi connectivity index (χ1n) is 33.6. The summed E-state index contributed by atoms with van der Waals surface area (Å²) in [6, 6.07) is 0. The molecule has 0 saturated carbocycles. The van der Waals surface area contributed by atoms with Gasteiger partial charge in [-0.2, -0.15) is 0 Å². The molecule has 0 aromatic rings. The average Bonchev–Trinajstić information content (AvgIpc) is 3.42. The number of rotatable bonds is 62. The predicted octanol–water partition coefficient (Wildman–Crippen LogP) is 22.9. The molecule has 0 aliphatic rings. The van der Waals surface area contributed by atoms with E-state index in [1.165, 1.54) is 231 Å². The van der Waals surface area contributed by atoms with E-state index in [9.17, 15) is 14.4 Å². The van der Waals surface area contributed by atoms with Crippen LogP contribution in [0.2, 0.25) is 0 Å². The number of carbonyl (C=O) groups is 3. The van der Waals surface area contributed by atoms with Gasteiger partial charge in [0.1, 0.15) is 13.2 Å². The van der Waals surface area contributed by atoms with E-state index in [4.69, 9.17) is 14.2 Å². The molecule has 0 aliphatic heterocycles. The number of esters is 3. The van der Waals surface area contributed by atoms with Crippen LogP contribution < -0.4 is 0 Å². The maximum atomic E-state index is 12.9. The SMILES string of the molecule is CC/C=C\C/C=C\C/C=C\C/C=C\CCCCCCCCCCC(=O)OC(COC(=O)CCCCCCCCCCC)COC(=O)CCCCCCCCCCCCCCCCCCCCCCCCCCCCCC. The highest BCUT2D eigenvalue weighted by Gasteiger charge is 2.19. The van der Waals surface area contributed by atoms with E-state index in [0.717, 1.165) is 89.9 Å². The Kier molecular flexibility index (Phi) is 62.6. The zero-order chi connectivity index (χ0) is 55.0. The van der Waals surface area contributed by atoms with E-state index < -0.39 is 6.10 Å². The number of carbonyl (C=O) groups excluding carboxylic acids is 3. The van der Waals surface area contributed by atoms with Gasteiger partial charge in [-0.05, 0) is 57.8 Å². The van der Waals surface area contributed by atoms with Gasteiger partial charge in [-0.3, -0.25) is 14.4 Å². The Morgan fingerprint density at radius 2 is 0.513 bits per heavy atom. The van der Waals surface area contributed by atoms with Crippen molar-refractivity contribution in [1.29, 1.82) is 0 Å². The van der Waals surface area contributed by atoms with Crippen LogP contribution in [0.25, 0.3) is 0 Å². The number of hydrogen-bond acceptors (Lipinski definition) is 6. The number of allylic oxidation sites excluding steroid dienone is 8. The van der Waals surface area contributed by atoms with Gasteiger partial charge in [0.2, 0.25) is 0 Å². The summed E-state index contributed by atoms with van der Waals surface area (Å²) in [6.45, 7) is 6.56. The molecule has 0 bridgehead atoms. The summed E-state index contributed by atoms with van der Waals surface area (Å²) in [6.07, 6.45) is 81.5. The first-order valence-corrected chi connectivity index (χ1v) is 33.6. The quantitative estimate of drug-likeness (QED) is 0.0261. The Morgan fingerprint density at radius 1 is 0.276 bits per heavy atom. The predicted molar refractivity (Wildman–Crippen MR) is 330 cm³/mol. The Morgan fingerprint density at radius 3 is 0.803 bits per heavy atom. The average molecular weight is 1070 g/mol. The highest BCUT2D eigenvalue weighted by atomic mass is 16.6. The molecule has 0 aromatic carbocycles. The number of hydrogen-bond donors (Lipinski definition) is 0. The van der Waals surface area contributed by atoms with Gasteiger partial charge in [0.15, 0.2) is 6.10 Å². The van der Waals surface area contributed by atoms with Crippen molar-refractivity contribution in [3.8, 4) is 0 Å². The number of unbranched alkanes of at least 4 members (excludes halogenated alkanes) is 43. The second-order valence-corrected chi connectivity index (χ2v) is 22.7. The van der Waals surface area contributed by atoms with Gasteiger partial charge in [-0.25, -0.2) is 0 Å². The first-order chi connectivity index (χ1) is 37.5. The fourth-order valence-corrected chi connectivity index (χ4v) is 10.1. The normalized spacial score (nSPS) is 12.3. The molecule has 0 radical (unpaired) electrons. The standard InChI is InChI=1S/C70H128O6/c1-4-7-10-13-16-19-21-23-25-27-29-31-32-33-34-35-36-37-39-40-42-44-46-48-51-54-57-60-63-69(72)75-66-67(65-74-68(71)62-59-56-53-50-18-15-12-9-6-3)76-70(73)64-61-58-55-52-49-47-45-43-41-38-30-28-26-24-22-20-17-14-11-8-5-2/h8,11,17,20,24,26,30,38,67H,4-7,9-10,12-16,18-19,21-23,25,27-29,31-37,39-66H2,1-3H3/b11-8-,20-17-,26-24-,38-30-. The van der Waals surface area contributed by atoms with E-state index in [1.54, 1.807) is 0 Å². The highest BCUT2D eigenvalue weighted by Crippen LogP contribution is 2.18. The van der Waals surface area contributed by atoms with E-state index >= 15 is 0 Å². The first kappa shape index (κ1) is 73.4. The van der Waals surface area contributed by atoms with Gasteiger partial charge >= 0.3 is 17.9 Å². The minimum Gasteiger partial charge on any atom is -0.462 e. The zero-order valence-electron chi connectivity index (χ0n) is 51.0. The lowest BCUT2D eigenvalue weighted by molar-refractivity contribution is -0.167. The highest BCUT2D eigenvalue weighted by molar-refractivity contribution is 5.71. The van der Waals surface area contributed by atoms with Crippen molar-refractivity contribution in [2.45, 2.75) is 367 Å². The summed E-state index contributed by atoms with van der Waals surface area (Å²) in [5.41, 5.74) is 0. The molecule has 0 heterocycles. The van der Waals surface area contributed by atoms with Crippen LogP contribution in [0.4, 0.5) is 0 Å². The van der Waals surface area contributed by atoms with Crippen molar-refractivity contribution in [2.24, 2.45) is 0 Å². The van der Waals surface area contributed by atoms with Gasteiger partial charge < -0.3 is 14.2 Å². The monoisotopic (exact) mass is 1060 g/mol. The van der Waals surface area contributed by atoms with Crippen LogP contribution in [0.15, 0.2) is 48.6 Å². The van der Waals surface area contributed by atoms with Crippen LogP contribution in [0.5, 0.6) is 0 Å². The van der Waals surface area contributed by atoms with Crippen LogP contribution >= 0.6 is 0 Å². The van der Waals surface area contributed by atoms with E-state index in [0.29, 0.717) is 19.3 Å². The van der Waals surface area contributed by atoms with Gasteiger partial charge in [-0.15, -0.1) is 0 Å². The van der Waals surface area contributed by atoms with Crippen molar-refractivity contribution in [3.63, 3.8) is 0 Å². The van der Waals surface area contributed by atoms with Crippen LogP contribution in [0.1, 0.15) is 361 Å². The van der Waals surface area contributed by atoms with E-state index in [-0.39, 0.29) is 31.1 Å².